The van der Waals surface area contributed by atoms with E-state index in [-0.39, 0.29) is 17.9 Å². The molecule has 0 saturated carbocycles. The van der Waals surface area contributed by atoms with Crippen molar-refractivity contribution >= 4 is 15.7 Å². The lowest BCUT2D eigenvalue weighted by Gasteiger charge is -2.15. The fourth-order valence-corrected chi connectivity index (χ4v) is 2.21. The summed E-state index contributed by atoms with van der Waals surface area (Å²) in [6, 6.07) is -0.00155. The van der Waals surface area contributed by atoms with Crippen LogP contribution in [0.3, 0.4) is 0 Å². The van der Waals surface area contributed by atoms with Gasteiger partial charge in [-0.25, -0.2) is 8.42 Å². The molecule has 0 bridgehead atoms. The molecule has 108 valence electrons. The van der Waals surface area contributed by atoms with Gasteiger partial charge in [-0.1, -0.05) is 0 Å². The monoisotopic (exact) mass is 287 g/mol. The highest BCUT2D eigenvalue weighted by atomic mass is 32.2. The van der Waals surface area contributed by atoms with E-state index in [0.29, 0.717) is 18.1 Å². The molecule has 1 rings (SSSR count). The zero-order valence-electron chi connectivity index (χ0n) is 11.8. The second-order valence-electron chi connectivity index (χ2n) is 4.87. The molecule has 1 heterocycles. The third-order valence-corrected chi connectivity index (χ3v) is 3.26. The molecule has 0 radical (unpaired) electrons. The van der Waals surface area contributed by atoms with Gasteiger partial charge in [0.05, 0.1) is 24.3 Å². The van der Waals surface area contributed by atoms with Gasteiger partial charge in [0.1, 0.15) is 15.7 Å². The third kappa shape index (κ3) is 6.95. The van der Waals surface area contributed by atoms with Crippen molar-refractivity contribution in [1.82, 2.24) is 9.97 Å². The minimum absolute atomic E-state index is 0.00155. The first-order valence-corrected chi connectivity index (χ1v) is 8.25. The lowest BCUT2D eigenvalue weighted by atomic mass is 10.2. The lowest BCUT2D eigenvalue weighted by molar-refractivity contribution is 0.232. The van der Waals surface area contributed by atoms with Crippen LogP contribution < -0.4 is 10.1 Å². The summed E-state index contributed by atoms with van der Waals surface area (Å²) in [6.07, 6.45) is 4.93. The molecule has 6 nitrogen and oxygen atoms in total. The molecule has 0 saturated heterocycles. The minimum Gasteiger partial charge on any atom is -0.474 e. The van der Waals surface area contributed by atoms with Crippen molar-refractivity contribution in [2.45, 2.75) is 39.3 Å². The lowest BCUT2D eigenvalue weighted by Crippen LogP contribution is -2.20. The van der Waals surface area contributed by atoms with Gasteiger partial charge >= 0.3 is 0 Å². The van der Waals surface area contributed by atoms with E-state index in [9.17, 15) is 8.42 Å². The number of anilines is 1. The van der Waals surface area contributed by atoms with E-state index in [1.165, 1.54) is 6.26 Å². The molecule has 1 N–H and O–H groups in total. The van der Waals surface area contributed by atoms with Crippen LogP contribution in [0, 0.1) is 0 Å². The van der Waals surface area contributed by atoms with Crippen molar-refractivity contribution in [3.05, 3.63) is 12.4 Å². The summed E-state index contributed by atoms with van der Waals surface area (Å²) < 4.78 is 27.6. The van der Waals surface area contributed by atoms with Crippen molar-refractivity contribution in [1.29, 1.82) is 0 Å². The van der Waals surface area contributed by atoms with E-state index in [1.54, 1.807) is 12.4 Å². The molecule has 0 amide bonds. The summed E-state index contributed by atoms with van der Waals surface area (Å²) in [4.78, 5) is 8.28. The summed E-state index contributed by atoms with van der Waals surface area (Å²) in [5, 5.41) is 3.11. The Hall–Kier alpha value is -1.37. The second-order valence-corrected chi connectivity index (χ2v) is 7.13. The SMILES string of the molecule is CC(CCS(C)(=O)=O)Nc1cncc(OC(C)C)n1. The molecule has 7 heteroatoms. The highest BCUT2D eigenvalue weighted by Gasteiger charge is 2.09. The Morgan fingerprint density at radius 1 is 1.32 bits per heavy atom. The van der Waals surface area contributed by atoms with Crippen molar-refractivity contribution < 1.29 is 13.2 Å². The summed E-state index contributed by atoms with van der Waals surface area (Å²) in [7, 11) is -2.94. The number of rotatable bonds is 7. The van der Waals surface area contributed by atoms with Crippen LogP contribution in [-0.4, -0.2) is 42.5 Å². The molecule has 0 fully saturated rings. The van der Waals surface area contributed by atoms with E-state index in [0.717, 1.165) is 0 Å². The average molecular weight is 287 g/mol. The van der Waals surface area contributed by atoms with Gasteiger partial charge in [0, 0.05) is 12.3 Å². The van der Waals surface area contributed by atoms with Gasteiger partial charge in [0.2, 0.25) is 5.88 Å². The molecule has 1 aromatic rings. The van der Waals surface area contributed by atoms with Crippen LogP contribution in [0.1, 0.15) is 27.2 Å². The predicted octanol–water partition coefficient (Wildman–Crippen LogP) is 1.50. The number of hydrogen-bond acceptors (Lipinski definition) is 6. The second kappa shape index (κ2) is 6.70. The molecule has 0 aliphatic carbocycles. The molecule has 1 atom stereocenters. The van der Waals surface area contributed by atoms with Crippen LogP contribution in [0.4, 0.5) is 5.82 Å². The molecule has 1 aromatic heterocycles. The van der Waals surface area contributed by atoms with E-state index >= 15 is 0 Å². The highest BCUT2D eigenvalue weighted by Crippen LogP contribution is 2.12. The Labute approximate surface area is 114 Å². The Bertz CT molecular complexity index is 503. The number of sulfone groups is 1. The summed E-state index contributed by atoms with van der Waals surface area (Å²) in [6.45, 7) is 5.73. The summed E-state index contributed by atoms with van der Waals surface area (Å²) in [5.74, 6) is 1.19. The van der Waals surface area contributed by atoms with Gasteiger partial charge in [-0.15, -0.1) is 0 Å². The largest absolute Gasteiger partial charge is 0.474 e. The van der Waals surface area contributed by atoms with Crippen LogP contribution in [0.15, 0.2) is 12.4 Å². The zero-order chi connectivity index (χ0) is 14.5. The maximum absolute atomic E-state index is 11.1. The first-order chi connectivity index (χ1) is 8.76. The molecule has 0 aliphatic heterocycles. The Morgan fingerprint density at radius 3 is 2.58 bits per heavy atom. The normalized spacial score (nSPS) is 13.3. The topological polar surface area (TPSA) is 81.2 Å². The van der Waals surface area contributed by atoms with Crippen LogP contribution in [0.5, 0.6) is 5.88 Å². The smallest absolute Gasteiger partial charge is 0.234 e. The van der Waals surface area contributed by atoms with Crippen molar-refractivity contribution in [3.8, 4) is 5.88 Å². The third-order valence-electron chi connectivity index (χ3n) is 2.28. The van der Waals surface area contributed by atoms with Crippen LogP contribution in [0.2, 0.25) is 0 Å². The first kappa shape index (κ1) is 15.7. The van der Waals surface area contributed by atoms with Gasteiger partial charge < -0.3 is 10.1 Å². The van der Waals surface area contributed by atoms with E-state index in [2.05, 4.69) is 15.3 Å². The number of hydrogen-bond donors (Lipinski definition) is 1. The van der Waals surface area contributed by atoms with Crippen molar-refractivity contribution in [2.24, 2.45) is 0 Å². The summed E-state index contributed by atoms with van der Waals surface area (Å²) in [5.41, 5.74) is 0. The number of ether oxygens (including phenoxy) is 1. The highest BCUT2D eigenvalue weighted by molar-refractivity contribution is 7.90. The Morgan fingerprint density at radius 2 is 2.00 bits per heavy atom. The molecule has 0 spiro atoms. The van der Waals surface area contributed by atoms with Gasteiger partial charge in [-0.3, -0.25) is 4.98 Å². The van der Waals surface area contributed by atoms with Crippen molar-refractivity contribution in [2.75, 3.05) is 17.3 Å². The molecular weight excluding hydrogens is 266 g/mol. The van der Waals surface area contributed by atoms with Gasteiger partial charge in [0.25, 0.3) is 0 Å². The van der Waals surface area contributed by atoms with Gasteiger partial charge in [-0.05, 0) is 27.2 Å². The average Bonchev–Trinajstić information content (AvgIpc) is 2.25. The number of nitrogens with zero attached hydrogens (tertiary/aromatic N) is 2. The fraction of sp³-hybridized carbons (Fsp3) is 0.667. The Balaban J connectivity index is 2.56. The first-order valence-electron chi connectivity index (χ1n) is 6.19. The predicted molar refractivity (Wildman–Crippen MR) is 75.2 cm³/mol. The molecule has 19 heavy (non-hydrogen) atoms. The molecule has 1 unspecified atom stereocenters. The van der Waals surface area contributed by atoms with Crippen LogP contribution >= 0.6 is 0 Å². The van der Waals surface area contributed by atoms with E-state index in [1.807, 2.05) is 20.8 Å². The van der Waals surface area contributed by atoms with Gasteiger partial charge in [0.15, 0.2) is 0 Å². The molecular formula is C12H21N3O3S. The zero-order valence-corrected chi connectivity index (χ0v) is 12.6. The number of nitrogens with one attached hydrogen (secondary N) is 1. The maximum atomic E-state index is 11.1. The molecule has 0 aliphatic rings. The summed E-state index contributed by atoms with van der Waals surface area (Å²) >= 11 is 0. The number of aromatic nitrogens is 2. The van der Waals surface area contributed by atoms with Crippen LogP contribution in [0.25, 0.3) is 0 Å². The molecule has 0 aromatic carbocycles. The van der Waals surface area contributed by atoms with Crippen molar-refractivity contribution in [3.63, 3.8) is 0 Å². The van der Waals surface area contributed by atoms with Gasteiger partial charge in [-0.2, -0.15) is 4.98 Å². The van der Waals surface area contributed by atoms with Crippen LogP contribution in [-0.2, 0) is 9.84 Å². The Kier molecular flexibility index (Phi) is 5.53. The maximum Gasteiger partial charge on any atom is 0.234 e. The van der Waals surface area contributed by atoms with E-state index < -0.39 is 9.84 Å². The minimum atomic E-state index is -2.94. The van der Waals surface area contributed by atoms with E-state index in [4.69, 9.17) is 4.74 Å². The standard InChI is InChI=1S/C12H21N3O3S/c1-9(2)18-12-8-13-7-11(15-12)14-10(3)5-6-19(4,16)17/h7-10H,5-6H2,1-4H3,(H,14,15). The fourth-order valence-electron chi connectivity index (χ4n) is 1.43. The quantitative estimate of drug-likeness (QED) is 0.818.